The van der Waals surface area contributed by atoms with Gasteiger partial charge in [0.25, 0.3) is 0 Å². The highest BCUT2D eigenvalue weighted by Gasteiger charge is 2.41. The molecule has 26 heavy (non-hydrogen) atoms. The Morgan fingerprint density at radius 3 is 2.31 bits per heavy atom. The summed E-state index contributed by atoms with van der Waals surface area (Å²) in [5.41, 5.74) is 3.39. The summed E-state index contributed by atoms with van der Waals surface area (Å²) in [7, 11) is 3.63. The third-order valence-electron chi connectivity index (χ3n) is 5.16. The molecule has 1 atom stereocenters. The molecule has 1 aliphatic heterocycles. The minimum Gasteiger partial charge on any atom is -0.356 e. The SMILES string of the molecule is CN=C(NCCc1c(C)nn(C)c1C)N1CCN(C(C)C(F)(F)F)CC1. The lowest BCUT2D eigenvalue weighted by Gasteiger charge is -2.39. The lowest BCUT2D eigenvalue weighted by molar-refractivity contribution is -0.181. The largest absolute Gasteiger partial charge is 0.403 e. The zero-order valence-corrected chi connectivity index (χ0v) is 16.2. The predicted molar refractivity (Wildman–Crippen MR) is 96.4 cm³/mol. The van der Waals surface area contributed by atoms with Gasteiger partial charge in [-0.15, -0.1) is 0 Å². The molecular weight excluding hydrogens is 345 g/mol. The molecular formula is C17H29F3N6. The highest BCUT2D eigenvalue weighted by Crippen LogP contribution is 2.25. The van der Waals surface area contributed by atoms with Crippen LogP contribution in [0, 0.1) is 13.8 Å². The van der Waals surface area contributed by atoms with Crippen molar-refractivity contribution in [1.29, 1.82) is 0 Å². The standard InChI is InChI=1S/C17H29F3N6/c1-12-15(13(2)24(5)23-12)6-7-22-16(21-4)26-10-8-25(9-11-26)14(3)17(18,19)20/h14H,6-11H2,1-5H3,(H,21,22). The van der Waals surface area contributed by atoms with Gasteiger partial charge in [0, 0.05) is 52.5 Å². The molecule has 0 aliphatic carbocycles. The van der Waals surface area contributed by atoms with Crippen LogP contribution in [0.15, 0.2) is 4.99 Å². The fourth-order valence-electron chi connectivity index (χ4n) is 3.34. The van der Waals surface area contributed by atoms with E-state index in [0.717, 1.165) is 23.8 Å². The van der Waals surface area contributed by atoms with Crippen LogP contribution in [0.5, 0.6) is 0 Å². The molecule has 1 aliphatic rings. The average Bonchev–Trinajstić information content (AvgIpc) is 2.83. The summed E-state index contributed by atoms with van der Waals surface area (Å²) in [4.78, 5) is 7.78. The van der Waals surface area contributed by atoms with Crippen molar-refractivity contribution in [3.8, 4) is 0 Å². The van der Waals surface area contributed by atoms with Gasteiger partial charge in [-0.1, -0.05) is 0 Å². The van der Waals surface area contributed by atoms with Crippen LogP contribution in [-0.2, 0) is 13.5 Å². The number of guanidine groups is 1. The van der Waals surface area contributed by atoms with Crippen LogP contribution >= 0.6 is 0 Å². The molecule has 0 bridgehead atoms. The second-order valence-electron chi connectivity index (χ2n) is 6.74. The first-order chi connectivity index (χ1) is 12.1. The summed E-state index contributed by atoms with van der Waals surface area (Å²) in [5, 5.41) is 7.74. The van der Waals surface area contributed by atoms with Gasteiger partial charge in [0.2, 0.25) is 0 Å². The van der Waals surface area contributed by atoms with Crippen LogP contribution in [0.1, 0.15) is 23.9 Å². The van der Waals surface area contributed by atoms with Gasteiger partial charge in [0.05, 0.1) is 5.69 Å². The topological polar surface area (TPSA) is 48.7 Å². The Hall–Kier alpha value is -1.77. The molecule has 0 radical (unpaired) electrons. The van der Waals surface area contributed by atoms with Gasteiger partial charge >= 0.3 is 6.18 Å². The lowest BCUT2D eigenvalue weighted by Crippen LogP contribution is -2.56. The molecule has 0 amide bonds. The van der Waals surface area contributed by atoms with E-state index >= 15 is 0 Å². The van der Waals surface area contributed by atoms with Gasteiger partial charge in [0.15, 0.2) is 5.96 Å². The average molecular weight is 374 g/mol. The van der Waals surface area contributed by atoms with Gasteiger partial charge < -0.3 is 10.2 Å². The number of hydrogen-bond donors (Lipinski definition) is 1. The molecule has 148 valence electrons. The monoisotopic (exact) mass is 374 g/mol. The summed E-state index contributed by atoms with van der Waals surface area (Å²) in [6.07, 6.45) is -3.35. The Balaban J connectivity index is 1.85. The number of piperazine rings is 1. The van der Waals surface area contributed by atoms with Crippen molar-refractivity contribution < 1.29 is 13.2 Å². The highest BCUT2D eigenvalue weighted by molar-refractivity contribution is 5.80. The third kappa shape index (κ3) is 4.69. The zero-order chi connectivity index (χ0) is 19.5. The lowest BCUT2D eigenvalue weighted by atomic mass is 10.1. The Kier molecular flexibility index (Phi) is 6.54. The number of hydrogen-bond acceptors (Lipinski definition) is 3. The summed E-state index contributed by atoms with van der Waals surface area (Å²) < 4.78 is 40.4. The predicted octanol–water partition coefficient (Wildman–Crippen LogP) is 1.72. The summed E-state index contributed by atoms with van der Waals surface area (Å²) in [5.74, 6) is 0.739. The number of aryl methyl sites for hydroxylation is 2. The van der Waals surface area contributed by atoms with Gasteiger partial charge in [0.1, 0.15) is 6.04 Å². The molecule has 0 saturated carbocycles. The Morgan fingerprint density at radius 2 is 1.85 bits per heavy atom. The van der Waals surface area contributed by atoms with E-state index in [1.54, 1.807) is 7.05 Å². The second-order valence-corrected chi connectivity index (χ2v) is 6.74. The van der Waals surface area contributed by atoms with Crippen LogP contribution < -0.4 is 5.32 Å². The molecule has 9 heteroatoms. The molecule has 1 N–H and O–H groups in total. The maximum absolute atomic E-state index is 12.9. The van der Waals surface area contributed by atoms with Crippen molar-refractivity contribution >= 4 is 5.96 Å². The van der Waals surface area contributed by atoms with E-state index in [2.05, 4.69) is 15.4 Å². The van der Waals surface area contributed by atoms with Crippen molar-refractivity contribution in [2.24, 2.45) is 12.0 Å². The van der Waals surface area contributed by atoms with Crippen molar-refractivity contribution in [3.05, 3.63) is 17.0 Å². The first-order valence-electron chi connectivity index (χ1n) is 8.90. The Morgan fingerprint density at radius 1 is 1.23 bits per heavy atom. The van der Waals surface area contributed by atoms with Crippen LogP contribution in [0.4, 0.5) is 13.2 Å². The fraction of sp³-hybridized carbons (Fsp3) is 0.765. The first kappa shape index (κ1) is 20.5. The van der Waals surface area contributed by atoms with E-state index < -0.39 is 12.2 Å². The van der Waals surface area contributed by atoms with Crippen LogP contribution in [0.3, 0.4) is 0 Å². The molecule has 2 rings (SSSR count). The molecule has 2 heterocycles. The van der Waals surface area contributed by atoms with Gasteiger partial charge in [-0.05, 0) is 32.8 Å². The normalized spacial score (nSPS) is 18.3. The Bertz CT molecular complexity index is 629. The summed E-state index contributed by atoms with van der Waals surface area (Å²) >= 11 is 0. The smallest absolute Gasteiger partial charge is 0.356 e. The number of alkyl halides is 3. The maximum atomic E-state index is 12.9. The number of halogens is 3. The van der Waals surface area contributed by atoms with Crippen molar-refractivity contribution in [2.45, 2.75) is 39.4 Å². The second kappa shape index (κ2) is 8.28. The number of nitrogens with zero attached hydrogens (tertiary/aromatic N) is 5. The van der Waals surface area contributed by atoms with Gasteiger partial charge in [-0.3, -0.25) is 14.6 Å². The molecule has 1 aromatic rings. The van der Waals surface area contributed by atoms with E-state index in [4.69, 9.17) is 0 Å². The van der Waals surface area contributed by atoms with Crippen LogP contribution in [-0.4, -0.2) is 77.5 Å². The molecule has 0 aromatic carbocycles. The van der Waals surface area contributed by atoms with Crippen molar-refractivity contribution in [2.75, 3.05) is 39.8 Å². The van der Waals surface area contributed by atoms with E-state index in [0.29, 0.717) is 32.7 Å². The van der Waals surface area contributed by atoms with E-state index in [-0.39, 0.29) is 0 Å². The van der Waals surface area contributed by atoms with Gasteiger partial charge in [-0.2, -0.15) is 18.3 Å². The highest BCUT2D eigenvalue weighted by atomic mass is 19.4. The Labute approximate surface area is 153 Å². The zero-order valence-electron chi connectivity index (χ0n) is 16.2. The summed E-state index contributed by atoms with van der Waals surface area (Å²) in [6.45, 7) is 7.80. The molecule has 0 spiro atoms. The molecule has 6 nitrogen and oxygen atoms in total. The maximum Gasteiger partial charge on any atom is 0.403 e. The quantitative estimate of drug-likeness (QED) is 0.644. The molecule has 1 saturated heterocycles. The minimum atomic E-state index is -4.18. The molecule has 1 unspecified atom stereocenters. The van der Waals surface area contributed by atoms with Crippen molar-refractivity contribution in [1.82, 2.24) is 24.9 Å². The van der Waals surface area contributed by atoms with Gasteiger partial charge in [-0.25, -0.2) is 0 Å². The number of rotatable bonds is 4. The number of aromatic nitrogens is 2. The van der Waals surface area contributed by atoms with E-state index in [9.17, 15) is 13.2 Å². The number of aliphatic imine (C=N–C) groups is 1. The van der Waals surface area contributed by atoms with E-state index in [1.807, 2.05) is 30.5 Å². The third-order valence-corrected chi connectivity index (χ3v) is 5.16. The first-order valence-corrected chi connectivity index (χ1v) is 8.90. The van der Waals surface area contributed by atoms with E-state index in [1.165, 1.54) is 17.4 Å². The molecule has 1 fully saturated rings. The van der Waals surface area contributed by atoms with Crippen molar-refractivity contribution in [3.63, 3.8) is 0 Å². The summed E-state index contributed by atoms with van der Waals surface area (Å²) in [6, 6.07) is -1.41. The molecule has 1 aromatic heterocycles. The van der Waals surface area contributed by atoms with Crippen LogP contribution in [0.25, 0.3) is 0 Å². The minimum absolute atomic E-state index is 0.377. The fourth-order valence-corrected chi connectivity index (χ4v) is 3.34. The number of nitrogens with one attached hydrogen (secondary N) is 1. The van der Waals surface area contributed by atoms with Crippen LogP contribution in [0.2, 0.25) is 0 Å².